The van der Waals surface area contributed by atoms with Crippen molar-refractivity contribution >= 4 is 17.7 Å². The third-order valence-electron chi connectivity index (χ3n) is 3.57. The van der Waals surface area contributed by atoms with Crippen molar-refractivity contribution in [2.75, 3.05) is 11.4 Å². The maximum Gasteiger partial charge on any atom is 0.323 e. The first-order chi connectivity index (χ1) is 9.39. The van der Waals surface area contributed by atoms with Gasteiger partial charge in [-0.1, -0.05) is 0 Å². The molecule has 2 rings (SSSR count). The number of urea groups is 1. The Morgan fingerprint density at radius 1 is 1.30 bits per heavy atom. The minimum Gasteiger partial charge on any atom is -0.508 e. The zero-order valence-corrected chi connectivity index (χ0v) is 11.3. The summed E-state index contributed by atoms with van der Waals surface area (Å²) in [6, 6.07) is 5.44. The topological polar surface area (TPSA) is 89.9 Å². The summed E-state index contributed by atoms with van der Waals surface area (Å²) >= 11 is 0. The number of nitrogens with one attached hydrogen (secondary N) is 1. The van der Waals surface area contributed by atoms with Crippen LogP contribution in [0.1, 0.15) is 26.2 Å². The highest BCUT2D eigenvalue weighted by molar-refractivity contribution is 5.96. The van der Waals surface area contributed by atoms with E-state index in [1.54, 1.807) is 0 Å². The van der Waals surface area contributed by atoms with E-state index in [2.05, 4.69) is 5.32 Å². The van der Waals surface area contributed by atoms with Gasteiger partial charge >= 0.3 is 12.0 Å². The minimum absolute atomic E-state index is 0.0652. The quantitative estimate of drug-likeness (QED) is 0.785. The van der Waals surface area contributed by atoms with Gasteiger partial charge in [0, 0.05) is 11.2 Å². The van der Waals surface area contributed by atoms with E-state index in [0.717, 1.165) is 24.2 Å². The number of benzene rings is 1. The summed E-state index contributed by atoms with van der Waals surface area (Å²) in [5, 5.41) is 21.1. The number of hydrogen-bond acceptors (Lipinski definition) is 3. The monoisotopic (exact) mass is 278 g/mol. The van der Waals surface area contributed by atoms with Crippen LogP contribution in [0.5, 0.6) is 5.75 Å². The van der Waals surface area contributed by atoms with Gasteiger partial charge in [-0.25, -0.2) is 4.79 Å². The first-order valence-electron chi connectivity index (χ1n) is 6.50. The standard InChI is InChI=1S/C14H18N2O4/c1-14(7-2-8-14)15-13(20)16(9-12(18)19)10-3-5-11(17)6-4-10/h3-6,17H,2,7-9H2,1H3,(H,15,20)(H,18,19). The molecule has 1 saturated carbocycles. The number of carbonyl (C=O) groups excluding carboxylic acids is 1. The Labute approximate surface area is 117 Å². The molecule has 1 aliphatic carbocycles. The second-order valence-electron chi connectivity index (χ2n) is 5.34. The highest BCUT2D eigenvalue weighted by Gasteiger charge is 2.35. The maximum absolute atomic E-state index is 12.3. The molecule has 6 heteroatoms. The fourth-order valence-electron chi connectivity index (χ4n) is 2.21. The van der Waals surface area contributed by atoms with Crippen LogP contribution in [0.4, 0.5) is 10.5 Å². The summed E-state index contributed by atoms with van der Waals surface area (Å²) < 4.78 is 0. The number of hydrogen-bond donors (Lipinski definition) is 3. The molecule has 1 fully saturated rings. The highest BCUT2D eigenvalue weighted by Crippen LogP contribution is 2.31. The zero-order valence-electron chi connectivity index (χ0n) is 11.3. The van der Waals surface area contributed by atoms with Gasteiger partial charge in [0.2, 0.25) is 0 Å². The maximum atomic E-state index is 12.3. The van der Waals surface area contributed by atoms with Crippen LogP contribution in [0.2, 0.25) is 0 Å². The fraction of sp³-hybridized carbons (Fsp3) is 0.429. The first-order valence-corrected chi connectivity index (χ1v) is 6.50. The van der Waals surface area contributed by atoms with Crippen LogP contribution in [0.25, 0.3) is 0 Å². The lowest BCUT2D eigenvalue weighted by atomic mass is 9.79. The number of aliphatic carboxylic acids is 1. The predicted molar refractivity (Wildman–Crippen MR) is 73.9 cm³/mol. The molecule has 108 valence electrons. The van der Waals surface area contributed by atoms with Gasteiger partial charge in [-0.2, -0.15) is 0 Å². The van der Waals surface area contributed by atoms with Crippen molar-refractivity contribution in [3.05, 3.63) is 24.3 Å². The molecular formula is C14H18N2O4. The SMILES string of the molecule is CC1(NC(=O)N(CC(=O)O)c2ccc(O)cc2)CCC1. The number of carbonyl (C=O) groups is 2. The van der Waals surface area contributed by atoms with E-state index in [9.17, 15) is 14.7 Å². The third kappa shape index (κ3) is 3.20. The molecule has 0 unspecified atom stereocenters. The molecule has 6 nitrogen and oxygen atoms in total. The summed E-state index contributed by atoms with van der Waals surface area (Å²) in [5.41, 5.74) is 0.190. The largest absolute Gasteiger partial charge is 0.508 e. The van der Waals surface area contributed by atoms with E-state index < -0.39 is 18.5 Å². The predicted octanol–water partition coefficient (Wildman–Crippen LogP) is 1.94. The molecule has 20 heavy (non-hydrogen) atoms. The van der Waals surface area contributed by atoms with E-state index in [4.69, 9.17) is 5.11 Å². The van der Waals surface area contributed by atoms with Gasteiger partial charge in [0.05, 0.1) is 0 Å². The number of phenols is 1. The number of anilines is 1. The van der Waals surface area contributed by atoms with Crippen LogP contribution in [0.3, 0.4) is 0 Å². The van der Waals surface area contributed by atoms with Gasteiger partial charge in [0.1, 0.15) is 12.3 Å². The smallest absolute Gasteiger partial charge is 0.323 e. The van der Waals surface area contributed by atoms with Crippen molar-refractivity contribution in [3.8, 4) is 5.75 Å². The second-order valence-corrected chi connectivity index (χ2v) is 5.34. The Morgan fingerprint density at radius 2 is 1.90 bits per heavy atom. The average molecular weight is 278 g/mol. The van der Waals surface area contributed by atoms with Crippen molar-refractivity contribution in [3.63, 3.8) is 0 Å². The van der Waals surface area contributed by atoms with Gasteiger partial charge in [-0.05, 0) is 50.5 Å². The number of phenolic OH excluding ortho intramolecular Hbond substituents is 1. The number of rotatable bonds is 4. The molecule has 0 saturated heterocycles. The van der Waals surface area contributed by atoms with E-state index in [-0.39, 0.29) is 11.3 Å². The second kappa shape index (κ2) is 5.40. The fourth-order valence-corrected chi connectivity index (χ4v) is 2.21. The van der Waals surface area contributed by atoms with E-state index in [1.807, 2.05) is 6.92 Å². The molecule has 2 amide bonds. The van der Waals surface area contributed by atoms with Crippen molar-refractivity contribution < 1.29 is 19.8 Å². The highest BCUT2D eigenvalue weighted by atomic mass is 16.4. The summed E-state index contributed by atoms with van der Waals surface area (Å²) in [6.07, 6.45) is 2.86. The number of amides is 2. The number of carboxylic acids is 1. The van der Waals surface area contributed by atoms with E-state index >= 15 is 0 Å². The first kappa shape index (κ1) is 14.2. The molecule has 1 aromatic rings. The lowest BCUT2D eigenvalue weighted by Gasteiger charge is -2.40. The Kier molecular flexibility index (Phi) is 3.83. The Balaban J connectivity index is 2.16. The molecule has 3 N–H and O–H groups in total. The van der Waals surface area contributed by atoms with Crippen LogP contribution < -0.4 is 10.2 Å². The minimum atomic E-state index is -1.09. The number of aromatic hydroxyl groups is 1. The Bertz CT molecular complexity index is 508. The van der Waals surface area contributed by atoms with E-state index in [0.29, 0.717) is 5.69 Å². The molecule has 0 spiro atoms. The molecule has 0 radical (unpaired) electrons. The molecule has 0 atom stereocenters. The molecule has 0 heterocycles. The summed E-state index contributed by atoms with van der Waals surface area (Å²) in [4.78, 5) is 24.4. The average Bonchev–Trinajstić information content (AvgIpc) is 2.35. The molecule has 0 aliphatic heterocycles. The van der Waals surface area contributed by atoms with Crippen LogP contribution >= 0.6 is 0 Å². The zero-order chi connectivity index (χ0) is 14.8. The number of nitrogens with zero attached hydrogens (tertiary/aromatic N) is 1. The van der Waals surface area contributed by atoms with E-state index in [1.165, 1.54) is 24.3 Å². The molecular weight excluding hydrogens is 260 g/mol. The number of carboxylic acid groups (broad SMARTS) is 1. The van der Waals surface area contributed by atoms with Gasteiger partial charge < -0.3 is 15.5 Å². The van der Waals surface area contributed by atoms with Crippen molar-refractivity contribution in [2.45, 2.75) is 31.7 Å². The van der Waals surface area contributed by atoms with Crippen molar-refractivity contribution in [1.29, 1.82) is 0 Å². The lowest BCUT2D eigenvalue weighted by Crippen LogP contribution is -2.56. The Morgan fingerprint density at radius 3 is 2.35 bits per heavy atom. The summed E-state index contributed by atoms with van der Waals surface area (Å²) in [5.74, 6) is -1.03. The van der Waals surface area contributed by atoms with Crippen molar-refractivity contribution in [1.82, 2.24) is 5.32 Å². The third-order valence-corrected chi connectivity index (χ3v) is 3.57. The van der Waals surface area contributed by atoms with Crippen molar-refractivity contribution in [2.24, 2.45) is 0 Å². The molecule has 1 aliphatic rings. The van der Waals surface area contributed by atoms with Crippen LogP contribution in [-0.4, -0.2) is 34.3 Å². The van der Waals surface area contributed by atoms with Crippen LogP contribution in [0.15, 0.2) is 24.3 Å². The van der Waals surface area contributed by atoms with Gasteiger partial charge in [0.25, 0.3) is 0 Å². The molecule has 1 aromatic carbocycles. The molecule has 0 bridgehead atoms. The van der Waals surface area contributed by atoms with Gasteiger partial charge in [-0.3, -0.25) is 9.69 Å². The normalized spacial score (nSPS) is 16.1. The van der Waals surface area contributed by atoms with Crippen LogP contribution in [-0.2, 0) is 4.79 Å². The van der Waals surface area contributed by atoms with Crippen LogP contribution in [0, 0.1) is 0 Å². The van der Waals surface area contributed by atoms with Gasteiger partial charge in [-0.15, -0.1) is 0 Å². The summed E-state index contributed by atoms with van der Waals surface area (Å²) in [6.45, 7) is 1.52. The Hall–Kier alpha value is -2.24. The summed E-state index contributed by atoms with van der Waals surface area (Å²) in [7, 11) is 0. The lowest BCUT2D eigenvalue weighted by molar-refractivity contribution is -0.135. The van der Waals surface area contributed by atoms with Gasteiger partial charge in [0.15, 0.2) is 0 Å². The molecule has 0 aromatic heterocycles.